The highest BCUT2D eigenvalue weighted by Gasteiger charge is 2.21. The standard InChI is InChI=1S/C15H8Cl2O2/c16-11-2-1-3-12(17)14(11)15(19)10-6-8-4-5-9(8)7-13(10)18/h1-7,18H. The van der Waals surface area contributed by atoms with Crippen molar-refractivity contribution in [2.75, 3.05) is 0 Å². The van der Waals surface area contributed by atoms with Gasteiger partial charge in [-0.15, -0.1) is 0 Å². The summed E-state index contributed by atoms with van der Waals surface area (Å²) in [5, 5.41) is 10.5. The molecule has 94 valence electrons. The van der Waals surface area contributed by atoms with Crippen LogP contribution in [-0.4, -0.2) is 10.9 Å². The van der Waals surface area contributed by atoms with Crippen LogP contribution in [0.5, 0.6) is 5.75 Å². The van der Waals surface area contributed by atoms with Crippen molar-refractivity contribution < 1.29 is 9.90 Å². The number of ketones is 1. The molecule has 0 unspecified atom stereocenters. The number of phenolic OH excluding ortho intramolecular Hbond substituents is 1. The van der Waals surface area contributed by atoms with Crippen LogP contribution in [0.1, 0.15) is 27.0 Å². The summed E-state index contributed by atoms with van der Waals surface area (Å²) in [6.45, 7) is 0. The van der Waals surface area contributed by atoms with Crippen LogP contribution in [-0.2, 0) is 0 Å². The number of hydrogen-bond acceptors (Lipinski definition) is 2. The van der Waals surface area contributed by atoms with Gasteiger partial charge in [-0.1, -0.05) is 41.4 Å². The van der Waals surface area contributed by atoms with E-state index in [1.807, 2.05) is 12.2 Å². The first kappa shape index (κ1) is 12.3. The van der Waals surface area contributed by atoms with Crippen LogP contribution in [0.25, 0.3) is 12.2 Å². The monoisotopic (exact) mass is 290 g/mol. The Kier molecular flexibility index (Phi) is 2.85. The maximum atomic E-state index is 12.4. The van der Waals surface area contributed by atoms with E-state index in [0.717, 1.165) is 11.1 Å². The van der Waals surface area contributed by atoms with E-state index in [0.29, 0.717) is 0 Å². The van der Waals surface area contributed by atoms with Crippen LogP contribution in [0.3, 0.4) is 0 Å². The Balaban J connectivity index is 2.13. The molecule has 0 bridgehead atoms. The Morgan fingerprint density at radius 1 is 1.00 bits per heavy atom. The first-order valence-corrected chi connectivity index (χ1v) is 6.37. The molecule has 0 spiro atoms. The molecule has 0 saturated carbocycles. The molecule has 0 fully saturated rings. The normalized spacial score (nSPS) is 11.9. The average molecular weight is 291 g/mol. The van der Waals surface area contributed by atoms with E-state index < -0.39 is 0 Å². The zero-order valence-electron chi connectivity index (χ0n) is 9.65. The van der Waals surface area contributed by atoms with Crippen LogP contribution in [0.4, 0.5) is 0 Å². The summed E-state index contributed by atoms with van der Waals surface area (Å²) in [5.41, 5.74) is 2.26. The number of hydrogen-bond donors (Lipinski definition) is 1. The van der Waals surface area contributed by atoms with Gasteiger partial charge in [0.25, 0.3) is 0 Å². The Morgan fingerprint density at radius 3 is 2.16 bits per heavy atom. The van der Waals surface area contributed by atoms with E-state index in [9.17, 15) is 9.90 Å². The number of benzene rings is 2. The Labute approximate surface area is 119 Å². The van der Waals surface area contributed by atoms with Gasteiger partial charge >= 0.3 is 0 Å². The topological polar surface area (TPSA) is 37.3 Å². The minimum Gasteiger partial charge on any atom is -0.507 e. The summed E-state index contributed by atoms with van der Waals surface area (Å²) in [6, 6.07) is 8.07. The highest BCUT2D eigenvalue weighted by Crippen LogP contribution is 2.34. The summed E-state index contributed by atoms with van der Waals surface area (Å²) in [4.78, 5) is 12.4. The second-order valence-corrected chi connectivity index (χ2v) is 5.07. The fourth-order valence-corrected chi connectivity index (χ4v) is 2.59. The predicted molar refractivity (Wildman–Crippen MR) is 76.9 cm³/mol. The third-order valence-electron chi connectivity index (χ3n) is 3.08. The molecule has 0 heterocycles. The van der Waals surface area contributed by atoms with Gasteiger partial charge in [0.1, 0.15) is 5.75 Å². The minimum atomic E-state index is -0.379. The highest BCUT2D eigenvalue weighted by atomic mass is 35.5. The van der Waals surface area contributed by atoms with Crippen molar-refractivity contribution in [2.45, 2.75) is 0 Å². The van der Waals surface area contributed by atoms with Gasteiger partial charge in [-0.25, -0.2) is 0 Å². The van der Waals surface area contributed by atoms with Crippen LogP contribution in [0.2, 0.25) is 10.0 Å². The maximum Gasteiger partial charge on any atom is 0.199 e. The number of halogens is 2. The summed E-state index contributed by atoms with van der Waals surface area (Å²) >= 11 is 12.0. The number of rotatable bonds is 2. The van der Waals surface area contributed by atoms with Crippen molar-refractivity contribution in [1.82, 2.24) is 0 Å². The summed E-state index contributed by atoms with van der Waals surface area (Å²) in [6.07, 6.45) is 3.74. The van der Waals surface area contributed by atoms with Crippen molar-refractivity contribution in [3.05, 3.63) is 62.6 Å². The highest BCUT2D eigenvalue weighted by molar-refractivity contribution is 6.41. The molecule has 3 rings (SSSR count). The van der Waals surface area contributed by atoms with Gasteiger partial charge in [-0.05, 0) is 35.4 Å². The lowest BCUT2D eigenvalue weighted by molar-refractivity contribution is 0.103. The molecule has 2 aromatic rings. The van der Waals surface area contributed by atoms with E-state index in [2.05, 4.69) is 0 Å². The average Bonchev–Trinajstić information content (AvgIpc) is 2.33. The predicted octanol–water partition coefficient (Wildman–Crippen LogP) is 4.41. The number of aromatic hydroxyl groups is 1. The zero-order chi connectivity index (χ0) is 13.6. The minimum absolute atomic E-state index is 0.0657. The third-order valence-corrected chi connectivity index (χ3v) is 3.71. The van der Waals surface area contributed by atoms with E-state index >= 15 is 0 Å². The molecule has 19 heavy (non-hydrogen) atoms. The molecule has 2 nitrogen and oxygen atoms in total. The van der Waals surface area contributed by atoms with Gasteiger partial charge in [0.2, 0.25) is 0 Å². The van der Waals surface area contributed by atoms with Crippen molar-refractivity contribution in [1.29, 1.82) is 0 Å². The van der Waals surface area contributed by atoms with Crippen molar-refractivity contribution >= 4 is 41.1 Å². The first-order chi connectivity index (χ1) is 9.08. The first-order valence-electron chi connectivity index (χ1n) is 5.62. The summed E-state index contributed by atoms with van der Waals surface area (Å²) < 4.78 is 0. The van der Waals surface area contributed by atoms with Crippen molar-refractivity contribution in [3.8, 4) is 5.75 Å². The SMILES string of the molecule is O=C(c1cc2c(cc1O)C=C2)c1c(Cl)cccc1Cl. The smallest absolute Gasteiger partial charge is 0.199 e. The Hall–Kier alpha value is -1.77. The van der Waals surface area contributed by atoms with Crippen molar-refractivity contribution in [2.24, 2.45) is 0 Å². The molecular weight excluding hydrogens is 283 g/mol. The van der Waals surface area contributed by atoms with E-state index in [1.165, 1.54) is 0 Å². The molecule has 1 aliphatic rings. The van der Waals surface area contributed by atoms with Crippen LogP contribution < -0.4 is 0 Å². The van der Waals surface area contributed by atoms with E-state index in [4.69, 9.17) is 23.2 Å². The second kappa shape index (κ2) is 4.41. The summed E-state index contributed by atoms with van der Waals surface area (Å²) in [7, 11) is 0. The fraction of sp³-hybridized carbons (Fsp3) is 0. The lowest BCUT2D eigenvalue weighted by Gasteiger charge is -2.14. The molecule has 0 amide bonds. The lowest BCUT2D eigenvalue weighted by Crippen LogP contribution is -2.05. The van der Waals surface area contributed by atoms with Crippen LogP contribution in [0.15, 0.2) is 30.3 Å². The number of carbonyl (C=O) groups excluding carboxylic acids is 1. The quantitative estimate of drug-likeness (QED) is 0.710. The van der Waals surface area contributed by atoms with Crippen molar-refractivity contribution in [3.63, 3.8) is 0 Å². The fourth-order valence-electron chi connectivity index (χ4n) is 2.02. The molecule has 1 N–H and O–H groups in total. The summed E-state index contributed by atoms with van der Waals surface area (Å²) in [5.74, 6) is -0.444. The maximum absolute atomic E-state index is 12.4. The molecule has 0 aliphatic heterocycles. The number of carbonyl (C=O) groups is 1. The van der Waals surface area contributed by atoms with Gasteiger partial charge < -0.3 is 5.11 Å². The third kappa shape index (κ3) is 1.93. The molecule has 0 saturated heterocycles. The molecule has 0 radical (unpaired) electrons. The number of phenols is 1. The van der Waals surface area contributed by atoms with E-state index in [-0.39, 0.29) is 32.7 Å². The molecular formula is C15H8Cl2O2. The molecule has 0 atom stereocenters. The van der Waals surface area contributed by atoms with Gasteiger partial charge in [0.05, 0.1) is 21.2 Å². The molecule has 1 aliphatic carbocycles. The van der Waals surface area contributed by atoms with Gasteiger partial charge in [0, 0.05) is 0 Å². The molecule has 0 aromatic heterocycles. The van der Waals surface area contributed by atoms with E-state index in [1.54, 1.807) is 30.3 Å². The second-order valence-electron chi connectivity index (χ2n) is 4.26. The number of fused-ring (bicyclic) bond motifs is 1. The zero-order valence-corrected chi connectivity index (χ0v) is 11.2. The molecule has 2 aromatic carbocycles. The largest absolute Gasteiger partial charge is 0.507 e. The lowest BCUT2D eigenvalue weighted by atomic mass is 9.92. The Bertz CT molecular complexity index is 713. The Morgan fingerprint density at radius 2 is 1.58 bits per heavy atom. The van der Waals surface area contributed by atoms with Crippen LogP contribution >= 0.6 is 23.2 Å². The van der Waals surface area contributed by atoms with Crippen LogP contribution in [0, 0.1) is 0 Å². The molecule has 4 heteroatoms. The van der Waals surface area contributed by atoms with Gasteiger partial charge in [0.15, 0.2) is 5.78 Å². The van der Waals surface area contributed by atoms with Gasteiger partial charge in [-0.2, -0.15) is 0 Å². The van der Waals surface area contributed by atoms with Gasteiger partial charge in [-0.3, -0.25) is 4.79 Å².